The minimum absolute atomic E-state index is 0.139. The fourth-order valence-electron chi connectivity index (χ4n) is 0.906. The van der Waals surface area contributed by atoms with Crippen molar-refractivity contribution in [2.24, 2.45) is 0 Å². The number of halogens is 2. The van der Waals surface area contributed by atoms with E-state index in [1.165, 1.54) is 7.11 Å². The number of rotatable bonds is 3. The summed E-state index contributed by atoms with van der Waals surface area (Å²) in [6.07, 6.45) is -2.70. The van der Waals surface area contributed by atoms with Crippen molar-refractivity contribution >= 4 is 6.29 Å². The molecule has 0 unspecified atom stereocenters. The summed E-state index contributed by atoms with van der Waals surface area (Å²) in [4.78, 5) is 13.8. The summed E-state index contributed by atoms with van der Waals surface area (Å²) in [5, 5.41) is 9.15. The van der Waals surface area contributed by atoms with Crippen LogP contribution < -0.4 is 4.74 Å². The van der Waals surface area contributed by atoms with Crippen molar-refractivity contribution in [2.45, 2.75) is 6.43 Å². The number of methoxy groups -OCH3 is 1. The molecule has 1 heterocycles. The van der Waals surface area contributed by atoms with Crippen molar-refractivity contribution in [1.29, 1.82) is 0 Å². The van der Waals surface area contributed by atoms with Crippen molar-refractivity contribution in [3.8, 4) is 11.6 Å². The van der Waals surface area contributed by atoms with Crippen LogP contribution in [0, 0.1) is 0 Å². The Bertz CT molecular complexity index is 355. The zero-order valence-corrected chi connectivity index (χ0v) is 7.20. The molecule has 0 radical (unpaired) electrons. The molecule has 0 saturated heterocycles. The number of alkyl halides is 2. The summed E-state index contributed by atoms with van der Waals surface area (Å²) in [5.74, 6) is -0.948. The molecule has 0 spiro atoms. The van der Waals surface area contributed by atoms with E-state index in [2.05, 4.69) is 9.72 Å². The molecule has 1 rings (SSSR count). The average Bonchev–Trinajstić information content (AvgIpc) is 2.17. The predicted molar refractivity (Wildman–Crippen MR) is 42.8 cm³/mol. The first-order valence-corrected chi connectivity index (χ1v) is 3.61. The number of carbonyl (C=O) groups is 1. The van der Waals surface area contributed by atoms with Gasteiger partial charge in [0.25, 0.3) is 6.43 Å². The van der Waals surface area contributed by atoms with E-state index in [1.54, 1.807) is 0 Å². The molecule has 76 valence electrons. The minimum Gasteiger partial charge on any atom is -0.505 e. The maximum absolute atomic E-state index is 12.3. The lowest BCUT2D eigenvalue weighted by Gasteiger charge is -2.07. The Hall–Kier alpha value is -1.72. The standard InChI is InChI=1S/C8H7F2NO3/c1-14-6-2-4(8(9)10)7(13)5(3-12)11-6/h2-3,8,13H,1H3. The van der Waals surface area contributed by atoms with Gasteiger partial charge in [-0.3, -0.25) is 4.79 Å². The van der Waals surface area contributed by atoms with Crippen LogP contribution in [0.3, 0.4) is 0 Å². The molecule has 4 nitrogen and oxygen atoms in total. The third kappa shape index (κ3) is 1.78. The van der Waals surface area contributed by atoms with E-state index in [0.29, 0.717) is 0 Å². The Morgan fingerprint density at radius 3 is 2.71 bits per heavy atom. The fraction of sp³-hybridized carbons (Fsp3) is 0.250. The second-order valence-corrected chi connectivity index (χ2v) is 2.41. The van der Waals surface area contributed by atoms with E-state index in [9.17, 15) is 13.6 Å². The van der Waals surface area contributed by atoms with E-state index >= 15 is 0 Å². The number of carbonyl (C=O) groups excluding carboxylic acids is 1. The van der Waals surface area contributed by atoms with Crippen molar-refractivity contribution in [3.63, 3.8) is 0 Å². The number of aromatic nitrogens is 1. The zero-order chi connectivity index (χ0) is 10.7. The van der Waals surface area contributed by atoms with E-state index in [1.807, 2.05) is 0 Å². The third-order valence-electron chi connectivity index (χ3n) is 1.58. The van der Waals surface area contributed by atoms with Crippen LogP contribution in [0.15, 0.2) is 6.07 Å². The van der Waals surface area contributed by atoms with Crippen molar-refractivity contribution in [1.82, 2.24) is 4.98 Å². The van der Waals surface area contributed by atoms with Gasteiger partial charge in [0.2, 0.25) is 5.88 Å². The topological polar surface area (TPSA) is 59.4 Å². The summed E-state index contributed by atoms with van der Waals surface area (Å²) >= 11 is 0. The first kappa shape index (κ1) is 10.4. The highest BCUT2D eigenvalue weighted by Gasteiger charge is 2.18. The van der Waals surface area contributed by atoms with E-state index in [-0.39, 0.29) is 12.2 Å². The van der Waals surface area contributed by atoms with Gasteiger partial charge in [-0.25, -0.2) is 13.8 Å². The van der Waals surface area contributed by atoms with Gasteiger partial charge >= 0.3 is 0 Å². The first-order valence-electron chi connectivity index (χ1n) is 3.61. The quantitative estimate of drug-likeness (QED) is 0.757. The molecule has 0 aliphatic carbocycles. The molecular weight excluding hydrogens is 196 g/mol. The van der Waals surface area contributed by atoms with Crippen LogP contribution in [0.5, 0.6) is 11.6 Å². The molecule has 14 heavy (non-hydrogen) atoms. The zero-order valence-electron chi connectivity index (χ0n) is 7.20. The maximum atomic E-state index is 12.3. The molecule has 1 aromatic heterocycles. The average molecular weight is 203 g/mol. The number of nitrogens with zero attached hydrogens (tertiary/aromatic N) is 1. The van der Waals surface area contributed by atoms with Crippen LogP contribution in [-0.4, -0.2) is 23.5 Å². The maximum Gasteiger partial charge on any atom is 0.267 e. The fourth-order valence-corrected chi connectivity index (χ4v) is 0.906. The molecule has 1 aromatic rings. The van der Waals surface area contributed by atoms with Gasteiger partial charge in [-0.15, -0.1) is 0 Å². The normalized spacial score (nSPS) is 10.3. The Morgan fingerprint density at radius 2 is 2.29 bits per heavy atom. The molecule has 6 heteroatoms. The lowest BCUT2D eigenvalue weighted by molar-refractivity contribution is 0.111. The monoisotopic (exact) mass is 203 g/mol. The van der Waals surface area contributed by atoms with Crippen LogP contribution in [0.4, 0.5) is 8.78 Å². The van der Waals surface area contributed by atoms with Gasteiger partial charge in [-0.2, -0.15) is 0 Å². The SMILES string of the molecule is COc1cc(C(F)F)c(O)c(C=O)n1. The minimum atomic E-state index is -2.88. The summed E-state index contributed by atoms with van der Waals surface area (Å²) in [6.45, 7) is 0. The van der Waals surface area contributed by atoms with Crippen LogP contribution in [0.1, 0.15) is 22.5 Å². The van der Waals surface area contributed by atoms with Gasteiger partial charge in [0.15, 0.2) is 12.0 Å². The largest absolute Gasteiger partial charge is 0.505 e. The highest BCUT2D eigenvalue weighted by atomic mass is 19.3. The Kier molecular flexibility index (Phi) is 2.95. The summed E-state index contributed by atoms with van der Waals surface area (Å²) in [6, 6.07) is 0.882. The van der Waals surface area contributed by atoms with Gasteiger partial charge in [0.1, 0.15) is 5.69 Å². The lowest BCUT2D eigenvalue weighted by atomic mass is 10.2. The molecular formula is C8H7F2NO3. The lowest BCUT2D eigenvalue weighted by Crippen LogP contribution is -1.97. The molecule has 0 bridgehead atoms. The van der Waals surface area contributed by atoms with Crippen LogP contribution in [0.2, 0.25) is 0 Å². The van der Waals surface area contributed by atoms with Crippen LogP contribution in [-0.2, 0) is 0 Å². The molecule has 0 aliphatic rings. The van der Waals surface area contributed by atoms with E-state index < -0.39 is 23.4 Å². The van der Waals surface area contributed by atoms with Crippen LogP contribution >= 0.6 is 0 Å². The van der Waals surface area contributed by atoms with E-state index in [4.69, 9.17) is 5.11 Å². The second-order valence-electron chi connectivity index (χ2n) is 2.41. The van der Waals surface area contributed by atoms with Gasteiger partial charge < -0.3 is 9.84 Å². The molecule has 0 saturated carbocycles. The number of hydrogen-bond acceptors (Lipinski definition) is 4. The number of aromatic hydroxyl groups is 1. The Labute approximate surface area is 78.1 Å². The van der Waals surface area contributed by atoms with Crippen molar-refractivity contribution in [2.75, 3.05) is 7.11 Å². The van der Waals surface area contributed by atoms with Crippen molar-refractivity contribution in [3.05, 3.63) is 17.3 Å². The first-order chi connectivity index (χ1) is 6.60. The second kappa shape index (κ2) is 3.99. The smallest absolute Gasteiger partial charge is 0.267 e. The van der Waals surface area contributed by atoms with Gasteiger partial charge in [0.05, 0.1) is 12.7 Å². The number of aldehydes is 1. The molecule has 0 aliphatic heterocycles. The molecule has 0 amide bonds. The highest BCUT2D eigenvalue weighted by molar-refractivity contribution is 5.77. The summed E-state index contributed by atoms with van der Waals surface area (Å²) in [5.41, 5.74) is -1.13. The van der Waals surface area contributed by atoms with E-state index in [0.717, 1.165) is 6.07 Å². The number of pyridine rings is 1. The molecule has 1 N–H and O–H groups in total. The van der Waals surface area contributed by atoms with Gasteiger partial charge in [0, 0.05) is 6.07 Å². The number of ether oxygens (including phenoxy) is 1. The summed E-state index contributed by atoms with van der Waals surface area (Å²) < 4.78 is 29.2. The summed E-state index contributed by atoms with van der Waals surface area (Å²) in [7, 11) is 1.23. The third-order valence-corrected chi connectivity index (χ3v) is 1.58. The van der Waals surface area contributed by atoms with Crippen LogP contribution in [0.25, 0.3) is 0 Å². The Balaban J connectivity index is 3.34. The van der Waals surface area contributed by atoms with Gasteiger partial charge in [-0.1, -0.05) is 0 Å². The highest BCUT2D eigenvalue weighted by Crippen LogP contribution is 2.32. The van der Waals surface area contributed by atoms with Gasteiger partial charge in [-0.05, 0) is 0 Å². The van der Waals surface area contributed by atoms with Crippen molar-refractivity contribution < 1.29 is 23.4 Å². The molecule has 0 fully saturated rings. The molecule has 0 atom stereocenters. The Morgan fingerprint density at radius 1 is 1.64 bits per heavy atom. The predicted octanol–water partition coefficient (Wildman–Crippen LogP) is 1.55. The molecule has 0 aromatic carbocycles. The number of hydrogen-bond donors (Lipinski definition) is 1.